The van der Waals surface area contributed by atoms with E-state index >= 15 is 0 Å². The summed E-state index contributed by atoms with van der Waals surface area (Å²) in [5.74, 6) is -0.313. The Bertz CT molecular complexity index is 747. The zero-order valence-electron chi connectivity index (χ0n) is 10.8. The summed E-state index contributed by atoms with van der Waals surface area (Å²) in [6, 6.07) is 4.98. The van der Waals surface area contributed by atoms with Crippen molar-refractivity contribution in [1.82, 2.24) is 14.7 Å². The third-order valence-electron chi connectivity index (χ3n) is 2.97. The van der Waals surface area contributed by atoms with Crippen LogP contribution in [0.2, 0.25) is 0 Å². The average Bonchev–Trinajstić information content (AvgIpc) is 2.96. The van der Waals surface area contributed by atoms with Crippen LogP contribution in [0.15, 0.2) is 36.0 Å². The van der Waals surface area contributed by atoms with Crippen LogP contribution in [0.3, 0.4) is 0 Å². The van der Waals surface area contributed by atoms with Crippen molar-refractivity contribution in [1.29, 1.82) is 0 Å². The highest BCUT2D eigenvalue weighted by Crippen LogP contribution is 2.18. The van der Waals surface area contributed by atoms with Gasteiger partial charge in [0.05, 0.1) is 17.8 Å². The number of thiazole rings is 1. The Kier molecular flexibility index (Phi) is 3.15. The maximum absolute atomic E-state index is 12.0. The van der Waals surface area contributed by atoms with Crippen molar-refractivity contribution in [3.05, 3.63) is 52.8 Å². The van der Waals surface area contributed by atoms with Gasteiger partial charge in [-0.3, -0.25) is 9.20 Å². The highest BCUT2D eigenvalue weighted by atomic mass is 32.1. The molecule has 102 valence electrons. The van der Waals surface area contributed by atoms with Crippen LogP contribution < -0.4 is 5.32 Å². The maximum Gasteiger partial charge on any atom is 0.255 e. The number of benzene rings is 1. The van der Waals surface area contributed by atoms with Crippen molar-refractivity contribution >= 4 is 22.2 Å². The molecular formula is C14H13N3O2S. The minimum atomic E-state index is -0.307. The van der Waals surface area contributed by atoms with E-state index in [1.165, 1.54) is 0 Å². The standard InChI is InChI=1S/C14H13N3O2S/c1-9-2-3-11(12(18)6-9)13(19)15-7-10-8-17-4-5-20-14(17)16-10/h2-6,8,18H,7H2,1H3,(H,15,19). The largest absolute Gasteiger partial charge is 0.507 e. The first kappa shape index (κ1) is 12.7. The molecule has 0 atom stereocenters. The number of carbonyl (C=O) groups is 1. The van der Waals surface area contributed by atoms with Crippen molar-refractivity contribution in [3.63, 3.8) is 0 Å². The smallest absolute Gasteiger partial charge is 0.255 e. The molecule has 1 aromatic carbocycles. The van der Waals surface area contributed by atoms with Gasteiger partial charge in [-0.25, -0.2) is 4.98 Å². The predicted octanol–water partition coefficient (Wildman–Crippen LogP) is 2.34. The Hall–Kier alpha value is -2.34. The minimum absolute atomic E-state index is 0.00618. The molecule has 6 heteroatoms. The van der Waals surface area contributed by atoms with Crippen molar-refractivity contribution in [2.45, 2.75) is 13.5 Å². The van der Waals surface area contributed by atoms with E-state index in [1.807, 2.05) is 29.1 Å². The third-order valence-corrected chi connectivity index (χ3v) is 3.74. The zero-order valence-corrected chi connectivity index (χ0v) is 11.6. The minimum Gasteiger partial charge on any atom is -0.507 e. The maximum atomic E-state index is 12.0. The third kappa shape index (κ3) is 2.37. The molecule has 0 spiro atoms. The van der Waals surface area contributed by atoms with Crippen LogP contribution in [0.4, 0.5) is 0 Å². The highest BCUT2D eigenvalue weighted by Gasteiger charge is 2.11. The summed E-state index contributed by atoms with van der Waals surface area (Å²) in [5.41, 5.74) is 1.97. The SMILES string of the molecule is Cc1ccc(C(=O)NCc2cn3ccsc3n2)c(O)c1. The first-order valence-electron chi connectivity index (χ1n) is 6.12. The number of aromatic hydroxyl groups is 1. The lowest BCUT2D eigenvalue weighted by atomic mass is 10.1. The fourth-order valence-electron chi connectivity index (χ4n) is 1.96. The van der Waals surface area contributed by atoms with E-state index in [1.54, 1.807) is 29.5 Å². The van der Waals surface area contributed by atoms with Crippen LogP contribution in [0.25, 0.3) is 4.96 Å². The Labute approximate surface area is 119 Å². The second-order valence-corrected chi connectivity index (χ2v) is 5.40. The molecule has 5 nitrogen and oxygen atoms in total. The molecule has 0 aliphatic heterocycles. The van der Waals surface area contributed by atoms with Crippen molar-refractivity contribution < 1.29 is 9.90 Å². The summed E-state index contributed by atoms with van der Waals surface area (Å²) in [5, 5.41) is 14.5. The van der Waals surface area contributed by atoms with Crippen LogP contribution in [0.5, 0.6) is 5.75 Å². The van der Waals surface area contributed by atoms with E-state index in [-0.39, 0.29) is 17.2 Å². The lowest BCUT2D eigenvalue weighted by Crippen LogP contribution is -2.23. The number of rotatable bonds is 3. The average molecular weight is 287 g/mol. The number of phenolic OH excluding ortho intramolecular Hbond substituents is 1. The van der Waals surface area contributed by atoms with Crippen LogP contribution in [-0.4, -0.2) is 20.4 Å². The number of imidazole rings is 1. The molecule has 0 saturated heterocycles. The fraction of sp³-hybridized carbons (Fsp3) is 0.143. The number of aromatic nitrogens is 2. The van der Waals surface area contributed by atoms with Gasteiger partial charge in [0, 0.05) is 17.8 Å². The van der Waals surface area contributed by atoms with Gasteiger partial charge in [-0.05, 0) is 24.6 Å². The molecule has 3 aromatic rings. The van der Waals surface area contributed by atoms with Gasteiger partial charge in [0.2, 0.25) is 0 Å². The number of hydrogen-bond acceptors (Lipinski definition) is 4. The predicted molar refractivity (Wildman–Crippen MR) is 77.1 cm³/mol. The summed E-state index contributed by atoms with van der Waals surface area (Å²) in [6.07, 6.45) is 3.80. The topological polar surface area (TPSA) is 66.6 Å². The van der Waals surface area contributed by atoms with E-state index in [2.05, 4.69) is 10.3 Å². The van der Waals surface area contributed by atoms with Gasteiger partial charge in [-0.1, -0.05) is 6.07 Å². The number of nitrogens with zero attached hydrogens (tertiary/aromatic N) is 2. The van der Waals surface area contributed by atoms with Gasteiger partial charge in [-0.2, -0.15) is 0 Å². The Morgan fingerprint density at radius 3 is 3.10 bits per heavy atom. The molecule has 1 amide bonds. The van der Waals surface area contributed by atoms with Gasteiger partial charge < -0.3 is 10.4 Å². The summed E-state index contributed by atoms with van der Waals surface area (Å²) >= 11 is 1.54. The molecule has 2 N–H and O–H groups in total. The number of amides is 1. The summed E-state index contributed by atoms with van der Waals surface area (Å²) in [4.78, 5) is 17.3. The molecule has 20 heavy (non-hydrogen) atoms. The van der Waals surface area contributed by atoms with E-state index in [9.17, 15) is 9.90 Å². The number of phenols is 1. The normalized spacial score (nSPS) is 10.8. The van der Waals surface area contributed by atoms with E-state index in [4.69, 9.17) is 0 Å². The van der Waals surface area contributed by atoms with E-state index in [0.29, 0.717) is 6.54 Å². The molecule has 0 aliphatic carbocycles. The van der Waals surface area contributed by atoms with Gasteiger partial charge in [0.1, 0.15) is 5.75 Å². The number of hydrogen-bond donors (Lipinski definition) is 2. The van der Waals surface area contributed by atoms with Crippen molar-refractivity contribution in [3.8, 4) is 5.75 Å². The molecule has 0 fully saturated rings. The van der Waals surface area contributed by atoms with Gasteiger partial charge in [-0.15, -0.1) is 11.3 Å². The Balaban J connectivity index is 1.71. The van der Waals surface area contributed by atoms with Gasteiger partial charge >= 0.3 is 0 Å². The molecule has 0 aliphatic rings. The zero-order chi connectivity index (χ0) is 14.1. The number of fused-ring (bicyclic) bond motifs is 1. The van der Waals surface area contributed by atoms with Crippen molar-refractivity contribution in [2.24, 2.45) is 0 Å². The molecule has 0 unspecified atom stereocenters. The van der Waals surface area contributed by atoms with Crippen molar-refractivity contribution in [2.75, 3.05) is 0 Å². The summed E-state index contributed by atoms with van der Waals surface area (Å²) < 4.78 is 1.91. The molecular weight excluding hydrogens is 274 g/mol. The lowest BCUT2D eigenvalue weighted by Gasteiger charge is -2.06. The number of nitrogens with one attached hydrogen (secondary N) is 1. The quantitative estimate of drug-likeness (QED) is 0.777. The summed E-state index contributed by atoms with van der Waals surface area (Å²) in [6.45, 7) is 2.19. The molecule has 3 rings (SSSR count). The lowest BCUT2D eigenvalue weighted by molar-refractivity contribution is 0.0948. The second kappa shape index (κ2) is 4.97. The van der Waals surface area contributed by atoms with Gasteiger partial charge in [0.15, 0.2) is 4.96 Å². The number of aryl methyl sites for hydroxylation is 1. The Morgan fingerprint density at radius 1 is 1.50 bits per heavy atom. The van der Waals surface area contributed by atoms with Crippen LogP contribution in [0, 0.1) is 6.92 Å². The first-order chi connectivity index (χ1) is 9.63. The molecule has 0 bridgehead atoms. The molecule has 2 aromatic heterocycles. The highest BCUT2D eigenvalue weighted by molar-refractivity contribution is 7.15. The van der Waals surface area contributed by atoms with E-state index in [0.717, 1.165) is 16.2 Å². The molecule has 2 heterocycles. The van der Waals surface area contributed by atoms with Crippen LogP contribution in [0.1, 0.15) is 21.6 Å². The van der Waals surface area contributed by atoms with E-state index < -0.39 is 0 Å². The van der Waals surface area contributed by atoms with Crippen LogP contribution in [-0.2, 0) is 6.54 Å². The summed E-state index contributed by atoms with van der Waals surface area (Å²) in [7, 11) is 0. The van der Waals surface area contributed by atoms with Crippen LogP contribution >= 0.6 is 11.3 Å². The second-order valence-electron chi connectivity index (χ2n) is 4.53. The molecule has 0 radical (unpaired) electrons. The van der Waals surface area contributed by atoms with Gasteiger partial charge in [0.25, 0.3) is 5.91 Å². The first-order valence-corrected chi connectivity index (χ1v) is 7.00. The fourth-order valence-corrected chi connectivity index (χ4v) is 2.68. The monoisotopic (exact) mass is 287 g/mol. The number of carbonyl (C=O) groups excluding carboxylic acids is 1. The Morgan fingerprint density at radius 2 is 2.35 bits per heavy atom. The molecule has 0 saturated carbocycles.